The van der Waals surface area contributed by atoms with Gasteiger partial charge in [-0.1, -0.05) is 48.2 Å². The van der Waals surface area contributed by atoms with Gasteiger partial charge in [-0.25, -0.2) is 4.39 Å². The molecule has 0 amide bonds. The van der Waals surface area contributed by atoms with Crippen molar-refractivity contribution in [2.75, 3.05) is 0 Å². The molecule has 0 spiro atoms. The van der Waals surface area contributed by atoms with Crippen LogP contribution in [0.5, 0.6) is 0 Å². The van der Waals surface area contributed by atoms with E-state index in [0.29, 0.717) is 5.56 Å². The second-order valence-corrected chi connectivity index (χ2v) is 4.65. The Balaban J connectivity index is 2.36. The maximum Gasteiger partial charge on any atom is 0.148 e. The van der Waals surface area contributed by atoms with E-state index in [2.05, 4.69) is 11.8 Å². The first kappa shape index (κ1) is 13.3. The molecule has 0 aliphatic carbocycles. The summed E-state index contributed by atoms with van der Waals surface area (Å²) in [6, 6.07) is 13.7. The number of halogens is 1. The molecular formula is C17H15FO. The van der Waals surface area contributed by atoms with E-state index in [4.69, 9.17) is 0 Å². The number of benzene rings is 2. The lowest BCUT2D eigenvalue weighted by molar-refractivity contribution is 0.122. The van der Waals surface area contributed by atoms with E-state index in [9.17, 15) is 9.50 Å². The summed E-state index contributed by atoms with van der Waals surface area (Å²) in [7, 11) is 0. The maximum atomic E-state index is 13.2. The molecule has 1 nitrogen and oxygen atoms in total. The van der Waals surface area contributed by atoms with Crippen LogP contribution in [-0.2, 0) is 5.60 Å². The van der Waals surface area contributed by atoms with E-state index in [1.54, 1.807) is 13.0 Å². The minimum absolute atomic E-state index is 0.325. The van der Waals surface area contributed by atoms with E-state index >= 15 is 0 Å². The minimum atomic E-state index is -1.25. The fourth-order valence-electron chi connectivity index (χ4n) is 1.75. The molecule has 19 heavy (non-hydrogen) atoms. The highest BCUT2D eigenvalue weighted by Crippen LogP contribution is 2.19. The molecule has 2 heteroatoms. The van der Waals surface area contributed by atoms with Crippen LogP contribution in [0.15, 0.2) is 48.5 Å². The van der Waals surface area contributed by atoms with Gasteiger partial charge in [-0.2, -0.15) is 0 Å². The van der Waals surface area contributed by atoms with Crippen LogP contribution in [0.4, 0.5) is 4.39 Å². The van der Waals surface area contributed by atoms with Crippen molar-refractivity contribution in [2.24, 2.45) is 0 Å². The Bertz CT molecular complexity index is 633. The van der Waals surface area contributed by atoms with Crippen LogP contribution in [0.1, 0.15) is 23.6 Å². The lowest BCUT2D eigenvalue weighted by Gasteiger charge is -2.16. The summed E-state index contributed by atoms with van der Waals surface area (Å²) >= 11 is 0. The van der Waals surface area contributed by atoms with Gasteiger partial charge in [0, 0.05) is 5.56 Å². The van der Waals surface area contributed by atoms with Gasteiger partial charge in [0.05, 0.1) is 0 Å². The van der Waals surface area contributed by atoms with Crippen LogP contribution in [0.3, 0.4) is 0 Å². The summed E-state index contributed by atoms with van der Waals surface area (Å²) in [4.78, 5) is 0. The van der Waals surface area contributed by atoms with Gasteiger partial charge in [-0.05, 0) is 37.1 Å². The molecule has 2 aromatic carbocycles. The summed E-state index contributed by atoms with van der Waals surface area (Å²) in [6.45, 7) is 3.49. The summed E-state index contributed by atoms with van der Waals surface area (Å²) in [5, 5.41) is 10.3. The van der Waals surface area contributed by atoms with Gasteiger partial charge < -0.3 is 5.11 Å². The largest absolute Gasteiger partial charge is 0.374 e. The SMILES string of the molecule is Cc1ccc(F)cc1C#CC(C)(O)c1ccccc1. The molecule has 0 aliphatic heterocycles. The molecule has 0 radical (unpaired) electrons. The average Bonchev–Trinajstić information content (AvgIpc) is 2.41. The Hall–Kier alpha value is -2.11. The van der Waals surface area contributed by atoms with Crippen molar-refractivity contribution in [3.05, 3.63) is 71.0 Å². The van der Waals surface area contributed by atoms with Crippen LogP contribution in [0.25, 0.3) is 0 Å². The lowest BCUT2D eigenvalue weighted by atomic mass is 9.96. The molecule has 2 aromatic rings. The fraction of sp³-hybridized carbons (Fsp3) is 0.176. The van der Waals surface area contributed by atoms with Crippen molar-refractivity contribution in [3.63, 3.8) is 0 Å². The summed E-state index contributed by atoms with van der Waals surface area (Å²) < 4.78 is 13.2. The molecule has 0 saturated heterocycles. The standard InChI is InChI=1S/C17H15FO/c1-13-8-9-16(18)12-14(13)10-11-17(2,19)15-6-4-3-5-7-15/h3-9,12,19H,1-2H3. The maximum absolute atomic E-state index is 13.2. The number of rotatable bonds is 1. The molecule has 96 valence electrons. The molecule has 0 heterocycles. The van der Waals surface area contributed by atoms with Gasteiger partial charge in [0.15, 0.2) is 0 Å². The first-order valence-electron chi connectivity index (χ1n) is 6.06. The Morgan fingerprint density at radius 2 is 1.79 bits per heavy atom. The third-order valence-electron chi connectivity index (χ3n) is 2.98. The van der Waals surface area contributed by atoms with Gasteiger partial charge in [0.25, 0.3) is 0 Å². The molecule has 0 saturated carbocycles. The zero-order valence-corrected chi connectivity index (χ0v) is 10.9. The Labute approximate surface area is 112 Å². The fourth-order valence-corrected chi connectivity index (χ4v) is 1.75. The quantitative estimate of drug-likeness (QED) is 0.773. The minimum Gasteiger partial charge on any atom is -0.374 e. The van der Waals surface area contributed by atoms with Gasteiger partial charge in [0.1, 0.15) is 11.4 Å². The molecule has 0 fully saturated rings. The molecule has 0 aliphatic rings. The van der Waals surface area contributed by atoms with E-state index < -0.39 is 5.60 Å². The lowest BCUT2D eigenvalue weighted by Crippen LogP contribution is -2.18. The molecule has 1 unspecified atom stereocenters. The van der Waals surface area contributed by atoms with Crippen LogP contribution in [0, 0.1) is 24.6 Å². The van der Waals surface area contributed by atoms with Crippen LogP contribution in [0.2, 0.25) is 0 Å². The first-order chi connectivity index (χ1) is 8.99. The predicted octanol–water partition coefficient (Wildman–Crippen LogP) is 3.39. The van der Waals surface area contributed by atoms with Gasteiger partial charge in [-0.3, -0.25) is 0 Å². The second kappa shape index (κ2) is 5.26. The summed E-state index contributed by atoms with van der Waals surface area (Å²) in [5.41, 5.74) is 0.950. The van der Waals surface area contributed by atoms with Crippen molar-refractivity contribution in [1.29, 1.82) is 0 Å². The smallest absolute Gasteiger partial charge is 0.148 e. The molecule has 0 aromatic heterocycles. The highest BCUT2D eigenvalue weighted by Gasteiger charge is 2.19. The highest BCUT2D eigenvalue weighted by molar-refractivity contribution is 5.43. The number of aliphatic hydroxyl groups is 1. The monoisotopic (exact) mass is 254 g/mol. The van der Waals surface area contributed by atoms with Crippen LogP contribution < -0.4 is 0 Å². The zero-order valence-electron chi connectivity index (χ0n) is 10.9. The van der Waals surface area contributed by atoms with E-state index in [-0.39, 0.29) is 5.82 Å². The average molecular weight is 254 g/mol. The molecule has 1 atom stereocenters. The number of hydrogen-bond donors (Lipinski definition) is 1. The second-order valence-electron chi connectivity index (χ2n) is 4.65. The van der Waals surface area contributed by atoms with Crippen LogP contribution >= 0.6 is 0 Å². The van der Waals surface area contributed by atoms with Gasteiger partial charge >= 0.3 is 0 Å². The Morgan fingerprint density at radius 3 is 2.47 bits per heavy atom. The Kier molecular flexibility index (Phi) is 3.69. The van der Waals surface area contributed by atoms with Crippen molar-refractivity contribution >= 4 is 0 Å². The predicted molar refractivity (Wildman–Crippen MR) is 74.0 cm³/mol. The third-order valence-corrected chi connectivity index (χ3v) is 2.98. The first-order valence-corrected chi connectivity index (χ1v) is 6.06. The van der Waals surface area contributed by atoms with E-state index in [0.717, 1.165) is 11.1 Å². The molecule has 2 rings (SSSR count). The van der Waals surface area contributed by atoms with E-state index in [1.165, 1.54) is 12.1 Å². The molecule has 1 N–H and O–H groups in total. The Morgan fingerprint density at radius 1 is 1.11 bits per heavy atom. The van der Waals surface area contributed by atoms with Crippen molar-refractivity contribution in [2.45, 2.75) is 19.4 Å². The van der Waals surface area contributed by atoms with Gasteiger partial charge in [-0.15, -0.1) is 0 Å². The zero-order chi connectivity index (χ0) is 13.9. The van der Waals surface area contributed by atoms with Crippen molar-refractivity contribution in [3.8, 4) is 11.8 Å². The molecular weight excluding hydrogens is 239 g/mol. The molecule has 0 bridgehead atoms. The topological polar surface area (TPSA) is 20.2 Å². The third kappa shape index (κ3) is 3.21. The van der Waals surface area contributed by atoms with Crippen molar-refractivity contribution < 1.29 is 9.50 Å². The summed E-state index contributed by atoms with van der Waals surface area (Å²) in [6.07, 6.45) is 0. The van der Waals surface area contributed by atoms with Crippen LogP contribution in [-0.4, -0.2) is 5.11 Å². The number of aryl methyl sites for hydroxylation is 1. The highest BCUT2D eigenvalue weighted by atomic mass is 19.1. The van der Waals surface area contributed by atoms with Crippen molar-refractivity contribution in [1.82, 2.24) is 0 Å². The normalized spacial score (nSPS) is 13.3. The number of hydrogen-bond acceptors (Lipinski definition) is 1. The summed E-state index contributed by atoms with van der Waals surface area (Å²) in [5.74, 6) is 5.33. The van der Waals surface area contributed by atoms with E-state index in [1.807, 2.05) is 37.3 Å². The van der Waals surface area contributed by atoms with Gasteiger partial charge in [0.2, 0.25) is 0 Å².